The molecule has 1 N–H and O–H groups in total. The SMILES string of the molecule is CNC(=O)CCCCCCl. The van der Waals surface area contributed by atoms with E-state index in [0.29, 0.717) is 12.3 Å². The van der Waals surface area contributed by atoms with Gasteiger partial charge in [-0.25, -0.2) is 0 Å². The van der Waals surface area contributed by atoms with Crippen LogP contribution in [0.15, 0.2) is 0 Å². The van der Waals surface area contributed by atoms with Gasteiger partial charge < -0.3 is 5.32 Å². The van der Waals surface area contributed by atoms with Crippen molar-refractivity contribution >= 4 is 17.5 Å². The fraction of sp³-hybridized carbons (Fsp3) is 0.857. The number of hydrogen-bond acceptors (Lipinski definition) is 1. The fourth-order valence-corrected chi connectivity index (χ4v) is 0.871. The molecular weight excluding hydrogens is 150 g/mol. The summed E-state index contributed by atoms with van der Waals surface area (Å²) in [6.45, 7) is 0. The van der Waals surface area contributed by atoms with Gasteiger partial charge in [0.1, 0.15) is 0 Å². The molecule has 0 unspecified atom stereocenters. The van der Waals surface area contributed by atoms with Crippen molar-refractivity contribution in [3.05, 3.63) is 0 Å². The second-order valence-corrected chi connectivity index (χ2v) is 2.55. The number of nitrogens with one attached hydrogen (secondary N) is 1. The van der Waals surface area contributed by atoms with Gasteiger partial charge in [0.25, 0.3) is 0 Å². The number of amides is 1. The predicted molar refractivity (Wildman–Crippen MR) is 43.3 cm³/mol. The Morgan fingerprint density at radius 1 is 1.40 bits per heavy atom. The first-order valence-corrected chi connectivity index (χ1v) is 4.11. The molecule has 0 aromatic heterocycles. The minimum atomic E-state index is 0.120. The minimum absolute atomic E-state index is 0.120. The van der Waals surface area contributed by atoms with Gasteiger partial charge in [-0.15, -0.1) is 11.6 Å². The summed E-state index contributed by atoms with van der Waals surface area (Å²) in [5.41, 5.74) is 0. The van der Waals surface area contributed by atoms with Crippen LogP contribution in [0, 0.1) is 0 Å². The smallest absolute Gasteiger partial charge is 0.219 e. The van der Waals surface area contributed by atoms with Gasteiger partial charge in [-0.2, -0.15) is 0 Å². The molecular formula is C7H14ClNO. The van der Waals surface area contributed by atoms with E-state index in [-0.39, 0.29) is 5.91 Å². The Kier molecular flexibility index (Phi) is 6.71. The van der Waals surface area contributed by atoms with Crippen LogP contribution >= 0.6 is 11.6 Å². The summed E-state index contributed by atoms with van der Waals surface area (Å²) in [5.74, 6) is 0.822. The summed E-state index contributed by atoms with van der Waals surface area (Å²) in [5, 5.41) is 2.57. The maximum absolute atomic E-state index is 10.6. The Balaban J connectivity index is 2.96. The van der Waals surface area contributed by atoms with Crippen molar-refractivity contribution in [1.29, 1.82) is 0 Å². The number of carbonyl (C=O) groups excluding carboxylic acids is 1. The third-order valence-electron chi connectivity index (χ3n) is 1.32. The highest BCUT2D eigenvalue weighted by Gasteiger charge is 1.95. The molecule has 3 heteroatoms. The summed E-state index contributed by atoms with van der Waals surface area (Å²) in [6, 6.07) is 0. The molecule has 1 amide bonds. The first kappa shape index (κ1) is 9.76. The number of rotatable bonds is 5. The summed E-state index contributed by atoms with van der Waals surface area (Å²) in [4.78, 5) is 10.6. The van der Waals surface area contributed by atoms with Gasteiger partial charge in [-0.05, 0) is 12.8 Å². The highest BCUT2D eigenvalue weighted by Crippen LogP contribution is 2.00. The number of alkyl halides is 1. The van der Waals surface area contributed by atoms with Gasteiger partial charge in [0.05, 0.1) is 0 Å². The zero-order chi connectivity index (χ0) is 7.82. The van der Waals surface area contributed by atoms with Crippen LogP contribution in [0.5, 0.6) is 0 Å². The monoisotopic (exact) mass is 163 g/mol. The van der Waals surface area contributed by atoms with E-state index in [2.05, 4.69) is 5.32 Å². The Morgan fingerprint density at radius 3 is 2.60 bits per heavy atom. The van der Waals surface area contributed by atoms with Crippen LogP contribution < -0.4 is 5.32 Å². The Bertz CT molecular complexity index is 95.6. The van der Waals surface area contributed by atoms with Gasteiger partial charge in [-0.3, -0.25) is 4.79 Å². The molecule has 0 saturated heterocycles. The van der Waals surface area contributed by atoms with E-state index < -0.39 is 0 Å². The number of hydrogen-bond donors (Lipinski definition) is 1. The molecule has 0 radical (unpaired) electrons. The van der Waals surface area contributed by atoms with E-state index in [1.807, 2.05) is 0 Å². The van der Waals surface area contributed by atoms with E-state index in [1.54, 1.807) is 7.05 Å². The van der Waals surface area contributed by atoms with Gasteiger partial charge in [0, 0.05) is 19.3 Å². The van der Waals surface area contributed by atoms with E-state index in [0.717, 1.165) is 19.3 Å². The van der Waals surface area contributed by atoms with Crippen molar-refractivity contribution in [1.82, 2.24) is 5.32 Å². The zero-order valence-corrected chi connectivity index (χ0v) is 7.08. The fourth-order valence-electron chi connectivity index (χ4n) is 0.682. The van der Waals surface area contributed by atoms with Crippen LogP contribution in [0.4, 0.5) is 0 Å². The molecule has 10 heavy (non-hydrogen) atoms. The van der Waals surface area contributed by atoms with Gasteiger partial charge in [-0.1, -0.05) is 6.42 Å². The molecule has 0 aromatic rings. The first-order valence-electron chi connectivity index (χ1n) is 3.57. The molecule has 2 nitrogen and oxygen atoms in total. The molecule has 0 aliphatic heterocycles. The molecule has 0 fully saturated rings. The molecule has 0 aliphatic rings. The number of halogens is 1. The van der Waals surface area contributed by atoms with Gasteiger partial charge in [0.2, 0.25) is 5.91 Å². The van der Waals surface area contributed by atoms with Crippen LogP contribution in [0.2, 0.25) is 0 Å². The van der Waals surface area contributed by atoms with Gasteiger partial charge in [0.15, 0.2) is 0 Å². The van der Waals surface area contributed by atoms with Crippen LogP contribution in [0.1, 0.15) is 25.7 Å². The summed E-state index contributed by atoms with van der Waals surface area (Å²) in [7, 11) is 1.66. The zero-order valence-electron chi connectivity index (χ0n) is 6.32. The van der Waals surface area contributed by atoms with Crippen LogP contribution in [-0.4, -0.2) is 18.8 Å². The molecule has 0 atom stereocenters. The molecule has 0 spiro atoms. The predicted octanol–water partition coefficient (Wildman–Crippen LogP) is 1.53. The van der Waals surface area contributed by atoms with Crippen LogP contribution in [-0.2, 0) is 4.79 Å². The largest absolute Gasteiger partial charge is 0.359 e. The van der Waals surface area contributed by atoms with Crippen LogP contribution in [0.3, 0.4) is 0 Å². The molecule has 0 aliphatic carbocycles. The molecule has 0 rings (SSSR count). The van der Waals surface area contributed by atoms with Crippen molar-refractivity contribution in [3.63, 3.8) is 0 Å². The highest BCUT2D eigenvalue weighted by molar-refractivity contribution is 6.17. The van der Waals surface area contributed by atoms with Crippen molar-refractivity contribution in [2.24, 2.45) is 0 Å². The quantitative estimate of drug-likeness (QED) is 0.484. The molecule has 60 valence electrons. The third-order valence-corrected chi connectivity index (χ3v) is 1.58. The first-order chi connectivity index (χ1) is 4.81. The standard InChI is InChI=1S/C7H14ClNO/c1-9-7(10)5-3-2-4-6-8/h2-6H2,1H3,(H,9,10). The normalized spacial score (nSPS) is 9.40. The van der Waals surface area contributed by atoms with Crippen molar-refractivity contribution in [2.75, 3.05) is 12.9 Å². The highest BCUT2D eigenvalue weighted by atomic mass is 35.5. The Hall–Kier alpha value is -0.240. The number of unbranched alkanes of at least 4 members (excludes halogenated alkanes) is 2. The topological polar surface area (TPSA) is 29.1 Å². The van der Waals surface area contributed by atoms with E-state index >= 15 is 0 Å². The molecule has 0 saturated carbocycles. The summed E-state index contributed by atoms with van der Waals surface area (Å²) < 4.78 is 0. The van der Waals surface area contributed by atoms with Crippen molar-refractivity contribution < 1.29 is 4.79 Å². The Labute approximate surface area is 66.9 Å². The van der Waals surface area contributed by atoms with E-state index in [9.17, 15) is 4.79 Å². The maximum atomic E-state index is 10.6. The van der Waals surface area contributed by atoms with Crippen LogP contribution in [0.25, 0.3) is 0 Å². The molecule has 0 aromatic carbocycles. The van der Waals surface area contributed by atoms with Gasteiger partial charge >= 0.3 is 0 Å². The second kappa shape index (κ2) is 6.87. The van der Waals surface area contributed by atoms with Crippen molar-refractivity contribution in [3.8, 4) is 0 Å². The molecule has 0 bridgehead atoms. The maximum Gasteiger partial charge on any atom is 0.219 e. The summed E-state index contributed by atoms with van der Waals surface area (Å²) >= 11 is 5.45. The second-order valence-electron chi connectivity index (χ2n) is 2.17. The lowest BCUT2D eigenvalue weighted by atomic mass is 10.2. The number of carbonyl (C=O) groups is 1. The average molecular weight is 164 g/mol. The van der Waals surface area contributed by atoms with E-state index in [4.69, 9.17) is 11.6 Å². The van der Waals surface area contributed by atoms with E-state index in [1.165, 1.54) is 0 Å². The van der Waals surface area contributed by atoms with Crippen molar-refractivity contribution in [2.45, 2.75) is 25.7 Å². The minimum Gasteiger partial charge on any atom is -0.359 e. The average Bonchev–Trinajstić information content (AvgIpc) is 1.98. The Morgan fingerprint density at radius 2 is 2.10 bits per heavy atom. The molecule has 0 heterocycles. The lowest BCUT2D eigenvalue weighted by molar-refractivity contribution is -0.120. The lowest BCUT2D eigenvalue weighted by Gasteiger charge is -1.97. The lowest BCUT2D eigenvalue weighted by Crippen LogP contribution is -2.16. The third kappa shape index (κ3) is 5.89. The summed E-state index contributed by atoms with van der Waals surface area (Å²) in [6.07, 6.45) is 3.65.